The van der Waals surface area contributed by atoms with Gasteiger partial charge in [-0.05, 0) is 13.3 Å². The van der Waals surface area contributed by atoms with Crippen LogP contribution in [0.2, 0.25) is 0 Å². The molecule has 0 fully saturated rings. The summed E-state index contributed by atoms with van der Waals surface area (Å²) in [7, 11) is 2.24. The van der Waals surface area contributed by atoms with E-state index in [4.69, 9.17) is 10.5 Å². The Kier molecular flexibility index (Phi) is 13.2. The zero-order valence-corrected chi connectivity index (χ0v) is 18.3. The van der Waals surface area contributed by atoms with E-state index < -0.39 is 59.8 Å². The lowest BCUT2D eigenvalue weighted by molar-refractivity contribution is -0.148. The maximum absolute atomic E-state index is 12.2. The Morgan fingerprint density at radius 2 is 1.50 bits per heavy atom. The highest BCUT2D eigenvalue weighted by atomic mass is 16.5. The van der Waals surface area contributed by atoms with Crippen molar-refractivity contribution in [1.29, 1.82) is 0 Å². The third-order valence-corrected chi connectivity index (χ3v) is 3.99. The van der Waals surface area contributed by atoms with E-state index in [2.05, 4.69) is 25.4 Å². The van der Waals surface area contributed by atoms with Crippen LogP contribution in [0, 0.1) is 0 Å². The van der Waals surface area contributed by atoms with Crippen LogP contribution in [0.15, 0.2) is 0 Å². The SMILES string of the molecule is COC(=O)[C@H](N)COC[C@H](NC(=O)CC[C@@H](NC(=O)[C@H](C)NC(C)=O)C(=O)O)C(=O)OC. The van der Waals surface area contributed by atoms with Crippen molar-refractivity contribution in [3.63, 3.8) is 0 Å². The number of carboxylic acids is 1. The molecule has 0 rings (SSSR count). The molecule has 0 bridgehead atoms. The Labute approximate surface area is 184 Å². The number of hydrogen-bond donors (Lipinski definition) is 5. The van der Waals surface area contributed by atoms with Gasteiger partial charge in [0, 0.05) is 13.3 Å². The highest BCUT2D eigenvalue weighted by molar-refractivity contribution is 5.90. The minimum atomic E-state index is -1.41. The third kappa shape index (κ3) is 11.2. The van der Waals surface area contributed by atoms with Gasteiger partial charge in [-0.15, -0.1) is 0 Å². The number of carbonyl (C=O) groups excluding carboxylic acids is 5. The van der Waals surface area contributed by atoms with Crippen molar-refractivity contribution in [3.8, 4) is 0 Å². The summed E-state index contributed by atoms with van der Waals surface area (Å²) in [5.41, 5.74) is 5.50. The monoisotopic (exact) mass is 462 g/mol. The van der Waals surface area contributed by atoms with Gasteiger partial charge >= 0.3 is 17.9 Å². The minimum absolute atomic E-state index is 0.282. The third-order valence-electron chi connectivity index (χ3n) is 3.99. The summed E-state index contributed by atoms with van der Waals surface area (Å²) in [6, 6.07) is -4.71. The van der Waals surface area contributed by atoms with Crippen LogP contribution >= 0.6 is 0 Å². The summed E-state index contributed by atoms with van der Waals surface area (Å²) >= 11 is 0. The van der Waals surface area contributed by atoms with Gasteiger partial charge in [0.05, 0.1) is 27.4 Å². The Bertz CT molecular complexity index is 699. The molecule has 6 N–H and O–H groups in total. The van der Waals surface area contributed by atoms with Crippen LogP contribution in [0.1, 0.15) is 26.7 Å². The molecule has 0 saturated heterocycles. The molecular weight excluding hydrogens is 432 g/mol. The molecule has 0 aliphatic rings. The zero-order chi connectivity index (χ0) is 24.8. The minimum Gasteiger partial charge on any atom is -0.480 e. The molecule has 0 aromatic heterocycles. The molecule has 0 aliphatic heterocycles. The number of ether oxygens (including phenoxy) is 3. The molecule has 0 radical (unpaired) electrons. The van der Waals surface area contributed by atoms with Crippen LogP contribution in [0.25, 0.3) is 0 Å². The van der Waals surface area contributed by atoms with E-state index in [9.17, 15) is 33.9 Å². The van der Waals surface area contributed by atoms with Crippen molar-refractivity contribution in [2.45, 2.75) is 50.9 Å². The molecular formula is C18H30N4O10. The molecule has 0 aliphatic carbocycles. The number of carbonyl (C=O) groups is 6. The van der Waals surface area contributed by atoms with E-state index in [1.165, 1.54) is 13.8 Å². The van der Waals surface area contributed by atoms with Crippen molar-refractivity contribution in [3.05, 3.63) is 0 Å². The van der Waals surface area contributed by atoms with Gasteiger partial charge in [0.1, 0.15) is 18.1 Å². The second-order valence-electron chi connectivity index (χ2n) is 6.67. The summed E-state index contributed by atoms with van der Waals surface area (Å²) in [6.45, 7) is 1.93. The van der Waals surface area contributed by atoms with E-state index >= 15 is 0 Å². The Hall–Kier alpha value is -3.26. The maximum atomic E-state index is 12.2. The summed E-state index contributed by atoms with van der Waals surface area (Å²) < 4.78 is 14.2. The average Bonchev–Trinajstić information content (AvgIpc) is 2.73. The van der Waals surface area contributed by atoms with Crippen LogP contribution < -0.4 is 21.7 Å². The maximum Gasteiger partial charge on any atom is 0.330 e. The first-order valence-electron chi connectivity index (χ1n) is 9.51. The molecule has 32 heavy (non-hydrogen) atoms. The van der Waals surface area contributed by atoms with E-state index in [-0.39, 0.29) is 26.1 Å². The summed E-state index contributed by atoms with van der Waals surface area (Å²) in [4.78, 5) is 69.6. The molecule has 182 valence electrons. The normalized spacial score (nSPS) is 14.2. The van der Waals surface area contributed by atoms with Crippen LogP contribution in [0.3, 0.4) is 0 Å². The first-order valence-corrected chi connectivity index (χ1v) is 9.51. The largest absolute Gasteiger partial charge is 0.480 e. The van der Waals surface area contributed by atoms with Gasteiger partial charge in [-0.1, -0.05) is 0 Å². The van der Waals surface area contributed by atoms with Gasteiger partial charge < -0.3 is 41.0 Å². The predicted octanol–water partition coefficient (Wildman–Crippen LogP) is -2.96. The Morgan fingerprint density at radius 1 is 0.906 bits per heavy atom. The van der Waals surface area contributed by atoms with E-state index in [0.29, 0.717) is 0 Å². The van der Waals surface area contributed by atoms with Crippen molar-refractivity contribution in [1.82, 2.24) is 16.0 Å². The van der Waals surface area contributed by atoms with Crippen molar-refractivity contribution in [2.24, 2.45) is 5.73 Å². The summed E-state index contributed by atoms with van der Waals surface area (Å²) in [5, 5.41) is 16.1. The highest BCUT2D eigenvalue weighted by Crippen LogP contribution is 2.01. The van der Waals surface area contributed by atoms with E-state index in [1.807, 2.05) is 0 Å². The number of rotatable bonds is 14. The molecule has 0 aromatic rings. The van der Waals surface area contributed by atoms with Crippen LogP contribution in [-0.4, -0.2) is 92.3 Å². The van der Waals surface area contributed by atoms with Gasteiger partial charge in [0.15, 0.2) is 6.04 Å². The first-order chi connectivity index (χ1) is 14.9. The predicted molar refractivity (Wildman–Crippen MR) is 107 cm³/mol. The smallest absolute Gasteiger partial charge is 0.330 e. The van der Waals surface area contributed by atoms with Gasteiger partial charge in [0.2, 0.25) is 17.7 Å². The fourth-order valence-electron chi connectivity index (χ4n) is 2.31. The van der Waals surface area contributed by atoms with Gasteiger partial charge in [-0.25, -0.2) is 9.59 Å². The fraction of sp³-hybridized carbons (Fsp3) is 0.667. The van der Waals surface area contributed by atoms with Gasteiger partial charge in [0.25, 0.3) is 0 Å². The molecule has 0 saturated carbocycles. The number of nitrogens with one attached hydrogen (secondary N) is 3. The second kappa shape index (κ2) is 14.7. The number of methoxy groups -OCH3 is 2. The standard InChI is InChI=1S/C18H30N4O10/c1-9(20-10(2)23)15(25)22-12(16(26)27)5-6-14(24)21-13(18(29)31-4)8-32-7-11(19)17(28)30-3/h9,11-13H,5-8,19H2,1-4H3,(H,20,23)(H,21,24)(H,22,25)(H,26,27)/t9-,11+,12+,13-/m0/s1. The molecule has 14 heteroatoms. The number of hydrogen-bond acceptors (Lipinski definition) is 10. The number of carboxylic acid groups (broad SMARTS) is 1. The summed E-state index contributed by atoms with van der Waals surface area (Å²) in [5.74, 6) is -4.86. The number of nitrogens with two attached hydrogens (primary N) is 1. The Balaban J connectivity index is 4.78. The second-order valence-corrected chi connectivity index (χ2v) is 6.67. The van der Waals surface area contributed by atoms with Crippen molar-refractivity contribution < 1.29 is 48.1 Å². The number of amides is 3. The molecule has 0 unspecified atom stereocenters. The van der Waals surface area contributed by atoms with Crippen molar-refractivity contribution in [2.75, 3.05) is 27.4 Å². The molecule has 4 atom stereocenters. The fourth-order valence-corrected chi connectivity index (χ4v) is 2.31. The molecule has 0 aromatic carbocycles. The first kappa shape index (κ1) is 28.7. The summed E-state index contributed by atoms with van der Waals surface area (Å²) in [6.07, 6.45) is -0.650. The van der Waals surface area contributed by atoms with Gasteiger partial charge in [-0.3, -0.25) is 19.2 Å². The molecule has 0 spiro atoms. The van der Waals surface area contributed by atoms with Gasteiger partial charge in [-0.2, -0.15) is 0 Å². The molecule has 14 nitrogen and oxygen atoms in total. The molecule has 3 amide bonds. The van der Waals surface area contributed by atoms with Crippen LogP contribution in [0.5, 0.6) is 0 Å². The quantitative estimate of drug-likeness (QED) is 0.164. The van der Waals surface area contributed by atoms with E-state index in [0.717, 1.165) is 14.2 Å². The highest BCUT2D eigenvalue weighted by Gasteiger charge is 2.26. The Morgan fingerprint density at radius 3 is 2.00 bits per heavy atom. The van der Waals surface area contributed by atoms with Crippen LogP contribution in [-0.2, 0) is 43.0 Å². The lowest BCUT2D eigenvalue weighted by Crippen LogP contribution is -2.50. The number of esters is 2. The van der Waals surface area contributed by atoms with E-state index in [1.54, 1.807) is 0 Å². The lowest BCUT2D eigenvalue weighted by Gasteiger charge is -2.20. The topological polar surface area (TPSA) is 212 Å². The average molecular weight is 462 g/mol. The van der Waals surface area contributed by atoms with Crippen LogP contribution in [0.4, 0.5) is 0 Å². The van der Waals surface area contributed by atoms with Crippen molar-refractivity contribution >= 4 is 35.6 Å². The number of aliphatic carboxylic acids is 1. The lowest BCUT2D eigenvalue weighted by atomic mass is 10.1. The zero-order valence-electron chi connectivity index (χ0n) is 18.3. The molecule has 0 heterocycles.